The average Bonchev–Trinajstić information content (AvgIpc) is 3.28. The van der Waals surface area contributed by atoms with Crippen molar-refractivity contribution >= 4 is 16.8 Å². The predicted octanol–water partition coefficient (Wildman–Crippen LogP) is 6.35. The number of hydrogen-bond donors (Lipinski definition) is 1. The number of nitrogens with zero attached hydrogens (tertiary/aromatic N) is 3. The summed E-state index contributed by atoms with van der Waals surface area (Å²) < 4.78 is 49.5. The van der Waals surface area contributed by atoms with E-state index in [0.717, 1.165) is 33.7 Å². The van der Waals surface area contributed by atoms with Crippen molar-refractivity contribution in [2.75, 3.05) is 26.7 Å². The van der Waals surface area contributed by atoms with Gasteiger partial charge in [0.05, 0.1) is 30.9 Å². The van der Waals surface area contributed by atoms with Crippen molar-refractivity contribution in [2.45, 2.75) is 45.3 Å². The zero-order valence-electron chi connectivity index (χ0n) is 24.9. The van der Waals surface area contributed by atoms with Crippen LogP contribution in [0.1, 0.15) is 41.0 Å². The fraction of sp³-hybridized carbons (Fsp3) is 0.382. The van der Waals surface area contributed by atoms with Crippen LogP contribution in [-0.4, -0.2) is 64.3 Å². The summed E-state index contributed by atoms with van der Waals surface area (Å²) in [7, 11) is 3.67. The van der Waals surface area contributed by atoms with E-state index >= 15 is 0 Å². The summed E-state index contributed by atoms with van der Waals surface area (Å²) in [4.78, 5) is 18.0. The predicted molar refractivity (Wildman–Crippen MR) is 161 cm³/mol. The minimum Gasteiger partial charge on any atom is -0.394 e. The summed E-state index contributed by atoms with van der Waals surface area (Å²) >= 11 is 0. The molecule has 0 spiro atoms. The van der Waals surface area contributed by atoms with Crippen LogP contribution in [0.2, 0.25) is 0 Å². The Labute approximate surface area is 250 Å². The number of hydrogen-bond acceptors (Lipinski definition) is 4. The Balaban J connectivity index is 1.55. The molecule has 9 heteroatoms. The molecule has 0 saturated heterocycles. The number of carbonyl (C=O) groups is 1. The molecule has 1 aliphatic heterocycles. The summed E-state index contributed by atoms with van der Waals surface area (Å²) in [5.41, 5.74) is 3.64. The number of aliphatic hydroxyl groups excluding tert-OH is 1. The normalized spacial score (nSPS) is 18.8. The van der Waals surface area contributed by atoms with Crippen molar-refractivity contribution in [1.82, 2.24) is 14.4 Å². The number of ether oxygens (including phenoxy) is 1. The number of fused-ring (bicyclic) bond motifs is 5. The highest BCUT2D eigenvalue weighted by Crippen LogP contribution is 2.38. The van der Waals surface area contributed by atoms with E-state index in [1.165, 1.54) is 12.1 Å². The lowest BCUT2D eigenvalue weighted by Gasteiger charge is -2.35. The molecule has 5 rings (SSSR count). The number of amides is 1. The number of carbonyl (C=O) groups excluding carboxylic acids is 1. The quantitative estimate of drug-likeness (QED) is 0.283. The second-order valence-corrected chi connectivity index (χ2v) is 11.6. The van der Waals surface area contributed by atoms with Crippen LogP contribution in [-0.2, 0) is 31.1 Å². The van der Waals surface area contributed by atoms with E-state index in [9.17, 15) is 23.1 Å². The van der Waals surface area contributed by atoms with Gasteiger partial charge in [0, 0.05) is 49.1 Å². The first-order valence-corrected chi connectivity index (χ1v) is 14.5. The zero-order chi connectivity index (χ0) is 30.9. The smallest absolute Gasteiger partial charge is 0.394 e. The van der Waals surface area contributed by atoms with E-state index in [1.807, 2.05) is 78.9 Å². The molecule has 4 aromatic rings. The lowest BCUT2D eigenvalue weighted by molar-refractivity contribution is -0.138. The van der Waals surface area contributed by atoms with Gasteiger partial charge in [0.2, 0.25) is 0 Å². The highest BCUT2D eigenvalue weighted by Gasteiger charge is 2.35. The van der Waals surface area contributed by atoms with Gasteiger partial charge in [0.25, 0.3) is 5.91 Å². The molecular weight excluding hydrogens is 555 g/mol. The third-order valence-corrected chi connectivity index (χ3v) is 8.48. The fourth-order valence-electron chi connectivity index (χ4n) is 6.12. The highest BCUT2D eigenvalue weighted by atomic mass is 19.4. The summed E-state index contributed by atoms with van der Waals surface area (Å²) in [6.07, 6.45) is -4.85. The number of rotatable bonds is 6. The Morgan fingerprint density at radius 2 is 1.72 bits per heavy atom. The SMILES string of the molecule is C[C@@H]1CN([C@@H](C)CO)C(=O)c2c(c3ccccc3n2C)-c2ccccc2CO[C@H]1CN(C)Cc1ccccc1C(F)(F)F. The van der Waals surface area contributed by atoms with Gasteiger partial charge in [-0.05, 0) is 42.8 Å². The first-order valence-electron chi connectivity index (χ1n) is 14.5. The Kier molecular flexibility index (Phi) is 8.96. The van der Waals surface area contributed by atoms with Gasteiger partial charge in [-0.3, -0.25) is 9.69 Å². The maximum atomic E-state index is 14.5. The van der Waals surface area contributed by atoms with Crippen LogP contribution in [0.5, 0.6) is 0 Å². The number of alkyl halides is 3. The van der Waals surface area contributed by atoms with Crippen molar-refractivity contribution in [3.8, 4) is 11.1 Å². The third-order valence-electron chi connectivity index (χ3n) is 8.48. The lowest BCUT2D eigenvalue weighted by Crippen LogP contribution is -2.47. The fourth-order valence-corrected chi connectivity index (χ4v) is 6.12. The number of aromatic nitrogens is 1. The highest BCUT2D eigenvalue weighted by molar-refractivity contribution is 6.10. The number of para-hydroxylation sites is 1. The molecule has 0 radical (unpaired) electrons. The molecule has 43 heavy (non-hydrogen) atoms. The largest absolute Gasteiger partial charge is 0.416 e. The van der Waals surface area contributed by atoms with Gasteiger partial charge in [0.1, 0.15) is 5.69 Å². The van der Waals surface area contributed by atoms with E-state index < -0.39 is 23.9 Å². The van der Waals surface area contributed by atoms with E-state index in [0.29, 0.717) is 18.8 Å². The molecule has 228 valence electrons. The molecule has 1 aromatic heterocycles. The van der Waals surface area contributed by atoms with E-state index in [-0.39, 0.29) is 37.1 Å². The monoisotopic (exact) mass is 593 g/mol. The molecule has 2 heterocycles. The average molecular weight is 594 g/mol. The van der Waals surface area contributed by atoms with Gasteiger partial charge in [0.15, 0.2) is 0 Å². The molecule has 3 atom stereocenters. The Morgan fingerprint density at radius 1 is 1.05 bits per heavy atom. The van der Waals surface area contributed by atoms with Gasteiger partial charge in [-0.15, -0.1) is 0 Å². The first kappa shape index (κ1) is 30.8. The molecule has 1 N–H and O–H groups in total. The second kappa shape index (κ2) is 12.5. The Morgan fingerprint density at radius 3 is 2.47 bits per heavy atom. The zero-order valence-corrected chi connectivity index (χ0v) is 24.9. The first-order chi connectivity index (χ1) is 20.5. The van der Waals surface area contributed by atoms with Crippen LogP contribution in [0.15, 0.2) is 72.8 Å². The third kappa shape index (κ3) is 6.20. The molecule has 0 saturated carbocycles. The molecule has 1 aliphatic rings. The van der Waals surface area contributed by atoms with Crippen molar-refractivity contribution in [3.05, 3.63) is 95.2 Å². The molecule has 0 fully saturated rings. The number of benzene rings is 3. The van der Waals surface area contributed by atoms with Crippen LogP contribution in [0, 0.1) is 5.92 Å². The van der Waals surface area contributed by atoms with Crippen molar-refractivity contribution < 1.29 is 27.8 Å². The second-order valence-electron chi connectivity index (χ2n) is 11.6. The number of likely N-dealkylation sites (N-methyl/N-ethyl adjacent to an activating group) is 1. The summed E-state index contributed by atoms with van der Waals surface area (Å²) in [5, 5.41) is 11.1. The Hall–Kier alpha value is -3.66. The van der Waals surface area contributed by atoms with Gasteiger partial charge in [-0.25, -0.2) is 0 Å². The summed E-state index contributed by atoms with van der Waals surface area (Å²) in [6.45, 7) is 4.59. The molecule has 0 aliphatic carbocycles. The van der Waals surface area contributed by atoms with Crippen molar-refractivity contribution in [3.63, 3.8) is 0 Å². The Bertz CT molecular complexity index is 1600. The maximum absolute atomic E-state index is 14.5. The minimum absolute atomic E-state index is 0.0893. The lowest BCUT2D eigenvalue weighted by atomic mass is 9.96. The van der Waals surface area contributed by atoms with Crippen LogP contribution in [0.4, 0.5) is 13.2 Å². The van der Waals surface area contributed by atoms with Crippen LogP contribution in [0.3, 0.4) is 0 Å². The van der Waals surface area contributed by atoms with Gasteiger partial charge in [-0.1, -0.05) is 67.6 Å². The van der Waals surface area contributed by atoms with E-state index in [1.54, 1.807) is 18.0 Å². The van der Waals surface area contributed by atoms with Crippen LogP contribution >= 0.6 is 0 Å². The molecular formula is C34H38F3N3O3. The van der Waals surface area contributed by atoms with E-state index in [2.05, 4.69) is 0 Å². The summed E-state index contributed by atoms with van der Waals surface area (Å²) in [5.74, 6) is -0.383. The molecule has 0 bridgehead atoms. The number of aryl methyl sites for hydroxylation is 1. The van der Waals surface area contributed by atoms with E-state index in [4.69, 9.17) is 4.74 Å². The molecule has 6 nitrogen and oxygen atoms in total. The van der Waals surface area contributed by atoms with Gasteiger partial charge < -0.3 is 19.3 Å². The van der Waals surface area contributed by atoms with Crippen LogP contribution < -0.4 is 0 Å². The van der Waals surface area contributed by atoms with Crippen molar-refractivity contribution in [2.24, 2.45) is 13.0 Å². The number of halogens is 3. The standard InChI is InChI=1S/C34H38F3N3O3/c1-22-17-40(23(2)20-41)33(42)32-31(27-14-8-10-16-29(27)39(32)4)26-13-7-5-12-25(26)21-43-30(22)19-38(3)18-24-11-6-9-15-28(24)34(35,36)37/h5-16,22-23,30,41H,17-21H2,1-4H3/t22-,23+,30+/m1/s1. The van der Waals surface area contributed by atoms with Gasteiger partial charge >= 0.3 is 6.18 Å². The molecule has 1 amide bonds. The van der Waals surface area contributed by atoms with Gasteiger partial charge in [-0.2, -0.15) is 13.2 Å². The molecule has 0 unspecified atom stereocenters. The summed E-state index contributed by atoms with van der Waals surface area (Å²) in [6, 6.07) is 20.9. The molecule has 3 aromatic carbocycles. The van der Waals surface area contributed by atoms with Crippen molar-refractivity contribution in [1.29, 1.82) is 0 Å². The number of aliphatic hydroxyl groups is 1. The van der Waals surface area contributed by atoms with Crippen LogP contribution in [0.25, 0.3) is 22.0 Å². The maximum Gasteiger partial charge on any atom is 0.416 e. The topological polar surface area (TPSA) is 57.9 Å². The minimum atomic E-state index is -4.44.